The van der Waals surface area contributed by atoms with Gasteiger partial charge in [0.25, 0.3) is 0 Å². The zero-order valence-corrected chi connectivity index (χ0v) is 26.5. The van der Waals surface area contributed by atoms with Crippen molar-refractivity contribution in [2.45, 2.75) is 20.6 Å². The Kier molecular flexibility index (Phi) is 6.74. The molecule has 0 bridgehead atoms. The minimum absolute atomic E-state index is 0. The molecule has 0 aliphatic rings. The monoisotopic (exact) mass is 766 g/mol. The number of rotatable bonds is 3. The number of hydrogen-bond acceptors (Lipinski definition) is 4. The van der Waals surface area contributed by atoms with E-state index in [1.165, 1.54) is 35.3 Å². The van der Waals surface area contributed by atoms with Crippen molar-refractivity contribution in [1.29, 1.82) is 0 Å². The molecule has 45 heavy (non-hydrogen) atoms. The first kappa shape index (κ1) is 23.4. The molecule has 4 aromatic carbocycles. The minimum Gasteiger partial charge on any atom is -0.500 e. The molecule has 0 amide bonds. The number of nitrogens with zero attached hydrogens (tertiary/aromatic N) is 3. The van der Waals surface area contributed by atoms with Gasteiger partial charge in [0, 0.05) is 69.5 Å². The predicted molar refractivity (Wildman–Crippen MR) is 179 cm³/mol. The van der Waals surface area contributed by atoms with E-state index in [0.717, 1.165) is 49.7 Å². The quantitative estimate of drug-likeness (QED) is 0.168. The van der Waals surface area contributed by atoms with E-state index < -0.39 is 13.7 Å². The molecular weight excluding hydrogens is 731 g/mol. The molecular formula is C40H29IrN3O-2. The van der Waals surface area contributed by atoms with Crippen LogP contribution in [0.5, 0.6) is 0 Å². The van der Waals surface area contributed by atoms with Crippen molar-refractivity contribution in [2.24, 2.45) is 0 Å². The van der Waals surface area contributed by atoms with Gasteiger partial charge in [-0.3, -0.25) is 4.98 Å². The van der Waals surface area contributed by atoms with E-state index in [9.17, 15) is 0 Å². The average molecular weight is 766 g/mol. The third kappa shape index (κ3) is 6.06. The molecule has 0 saturated heterocycles. The Morgan fingerprint density at radius 1 is 0.667 bits per heavy atom. The van der Waals surface area contributed by atoms with Gasteiger partial charge < -0.3 is 14.4 Å². The van der Waals surface area contributed by atoms with Crippen LogP contribution in [0, 0.1) is 32.8 Å². The Labute approximate surface area is 284 Å². The summed E-state index contributed by atoms with van der Waals surface area (Å²) in [5, 5.41) is 4.46. The topological polar surface area (TPSA) is 51.8 Å². The summed E-state index contributed by atoms with van der Waals surface area (Å²) >= 11 is 0. The number of aromatic nitrogens is 3. The Morgan fingerprint density at radius 3 is 2.33 bits per heavy atom. The molecule has 0 spiro atoms. The average Bonchev–Trinajstić information content (AvgIpc) is 3.51. The van der Waals surface area contributed by atoms with Crippen molar-refractivity contribution < 1.29 is 32.7 Å². The second-order valence-corrected chi connectivity index (χ2v) is 10.4. The first-order valence-electron chi connectivity index (χ1n) is 17.1. The second-order valence-electron chi connectivity index (χ2n) is 10.4. The van der Waals surface area contributed by atoms with E-state index in [1.54, 1.807) is 18.3 Å². The Hall–Kier alpha value is -4.96. The van der Waals surface area contributed by atoms with Gasteiger partial charge in [-0.05, 0) is 59.4 Å². The Bertz CT molecular complexity index is 2400. The van der Waals surface area contributed by atoms with Gasteiger partial charge >= 0.3 is 0 Å². The Morgan fingerprint density at radius 2 is 1.56 bits per heavy atom. The molecule has 4 heterocycles. The third-order valence-corrected chi connectivity index (χ3v) is 7.42. The van der Waals surface area contributed by atoms with Crippen molar-refractivity contribution in [3.05, 3.63) is 151 Å². The smallest absolute Gasteiger partial charge is 0.128 e. The summed E-state index contributed by atoms with van der Waals surface area (Å²) < 4.78 is 50.2. The fraction of sp³-hybridized carbons (Fsp3) is 0.0750. The van der Waals surface area contributed by atoms with Gasteiger partial charge in [0.05, 0.1) is 5.58 Å². The van der Waals surface area contributed by atoms with E-state index in [0.29, 0.717) is 11.3 Å². The summed E-state index contributed by atoms with van der Waals surface area (Å²) in [5.74, 6) is 0. The fourth-order valence-corrected chi connectivity index (χ4v) is 5.39. The maximum absolute atomic E-state index is 7.28. The standard InChI is InChI=1S/C27H17N2O.C13H12N.Ir/c1-17-14-18-11-13-28-16-24(18)23(15-17)21-8-4-6-19-20-7-5-9-22(27(20)30-26(19)21)25-10-2-3-12-29-25;1-10-3-6-12(7-4-10)13-8-5-11(2)9-14-13;/h2-8,10-16H,1H3;3-6,8-9H,1-2H3;/q2*-1;/i;1D3,2D3;. The number of benzene rings is 4. The van der Waals surface area contributed by atoms with E-state index in [4.69, 9.17) is 12.6 Å². The van der Waals surface area contributed by atoms with Crippen LogP contribution < -0.4 is 0 Å². The number of hydrogen-bond donors (Lipinski definition) is 0. The van der Waals surface area contributed by atoms with Gasteiger partial charge in [-0.1, -0.05) is 72.4 Å². The molecule has 0 unspecified atom stereocenters. The van der Waals surface area contributed by atoms with Crippen molar-refractivity contribution in [1.82, 2.24) is 15.0 Å². The summed E-state index contributed by atoms with van der Waals surface area (Å²) in [7, 11) is 0. The largest absolute Gasteiger partial charge is 0.500 e. The maximum atomic E-state index is 7.28. The van der Waals surface area contributed by atoms with Crippen molar-refractivity contribution in [3.8, 4) is 33.6 Å². The van der Waals surface area contributed by atoms with E-state index in [2.05, 4.69) is 76.5 Å². The third-order valence-electron chi connectivity index (χ3n) is 7.42. The van der Waals surface area contributed by atoms with E-state index >= 15 is 0 Å². The van der Waals surface area contributed by atoms with E-state index in [-0.39, 0.29) is 31.2 Å². The Balaban J connectivity index is 0.000000188. The molecule has 221 valence electrons. The van der Waals surface area contributed by atoms with Crippen LogP contribution in [0.25, 0.3) is 66.4 Å². The first-order valence-corrected chi connectivity index (χ1v) is 14.1. The van der Waals surface area contributed by atoms with Crippen LogP contribution in [0.2, 0.25) is 0 Å². The molecule has 5 heteroatoms. The second kappa shape index (κ2) is 13.0. The number of aryl methyl sites for hydroxylation is 3. The van der Waals surface area contributed by atoms with E-state index in [1.807, 2.05) is 36.7 Å². The first-order chi connectivity index (χ1) is 24.0. The summed E-state index contributed by atoms with van der Waals surface area (Å²) in [6.07, 6.45) is 6.86. The number of furan rings is 1. The molecule has 0 atom stereocenters. The normalized spacial score (nSPS) is 13.4. The van der Waals surface area contributed by atoms with Crippen LogP contribution in [0.4, 0.5) is 0 Å². The molecule has 8 rings (SSSR count). The number of pyridine rings is 3. The zero-order chi connectivity index (χ0) is 35.0. The summed E-state index contributed by atoms with van der Waals surface area (Å²) in [5.41, 5.74) is 8.38. The van der Waals surface area contributed by atoms with Gasteiger partial charge in [0.2, 0.25) is 0 Å². The summed E-state index contributed by atoms with van der Waals surface area (Å²) in [6.45, 7) is -2.22. The van der Waals surface area contributed by atoms with Crippen molar-refractivity contribution >= 4 is 32.7 Å². The van der Waals surface area contributed by atoms with Crippen LogP contribution in [0.3, 0.4) is 0 Å². The van der Waals surface area contributed by atoms with Crippen molar-refractivity contribution in [2.75, 3.05) is 0 Å². The minimum atomic E-state index is -2.18. The fourth-order valence-electron chi connectivity index (χ4n) is 5.39. The van der Waals surface area contributed by atoms with Crippen LogP contribution >= 0.6 is 0 Å². The molecule has 4 aromatic heterocycles. The predicted octanol–water partition coefficient (Wildman–Crippen LogP) is 10.1. The molecule has 8 aromatic rings. The van der Waals surface area contributed by atoms with Crippen molar-refractivity contribution in [3.63, 3.8) is 0 Å². The maximum Gasteiger partial charge on any atom is 0.128 e. The molecule has 0 fully saturated rings. The van der Waals surface area contributed by atoms with Crippen LogP contribution in [-0.4, -0.2) is 15.0 Å². The van der Waals surface area contributed by atoms with Crippen LogP contribution in [-0.2, 0) is 20.1 Å². The SMILES string of the molecule is Cc1cc(-c2cccc3c2oc2c(-c4ccccn4)[c-]ccc23)c2cnccc2c1.[2H]C([2H])([2H])c1c[c-]c(-c2ccc(C([2H])([2H])[2H])cn2)cc1.[Ir]. The summed E-state index contributed by atoms with van der Waals surface area (Å²) in [4.78, 5) is 12.9. The zero-order valence-electron chi connectivity index (χ0n) is 30.1. The van der Waals surface area contributed by atoms with Gasteiger partial charge in [-0.25, -0.2) is 0 Å². The van der Waals surface area contributed by atoms with Gasteiger partial charge in [-0.15, -0.1) is 53.6 Å². The summed E-state index contributed by atoms with van der Waals surface area (Å²) in [6, 6.07) is 36.4. The van der Waals surface area contributed by atoms with Gasteiger partial charge in [0.1, 0.15) is 5.58 Å². The van der Waals surface area contributed by atoms with Crippen LogP contribution in [0.1, 0.15) is 24.9 Å². The van der Waals surface area contributed by atoms with Gasteiger partial charge in [0.15, 0.2) is 0 Å². The number of para-hydroxylation sites is 1. The molecule has 0 saturated carbocycles. The number of fused-ring (bicyclic) bond motifs is 4. The molecule has 1 radical (unpaired) electrons. The van der Waals surface area contributed by atoms with Gasteiger partial charge in [-0.2, -0.15) is 0 Å². The molecule has 4 nitrogen and oxygen atoms in total. The van der Waals surface area contributed by atoms with Crippen LogP contribution in [0.15, 0.2) is 126 Å². The molecule has 0 aliphatic carbocycles. The molecule has 0 aliphatic heterocycles. The molecule has 0 N–H and O–H groups in total.